The summed E-state index contributed by atoms with van der Waals surface area (Å²) >= 11 is 14.0. The number of fused-ring (bicyclic) bond motifs is 6. The Hall–Kier alpha value is -7.19. The summed E-state index contributed by atoms with van der Waals surface area (Å²) in [5.74, 6) is 1.86. The molecule has 0 radical (unpaired) electrons. The predicted molar refractivity (Wildman–Crippen MR) is 401 cm³/mol. The van der Waals surface area contributed by atoms with E-state index in [1.54, 1.807) is 36.3 Å². The maximum absolute atomic E-state index is 13.0. The molecule has 9 aromatic rings. The van der Waals surface area contributed by atoms with Crippen LogP contribution >= 0.6 is 58.9 Å². The minimum Gasteiger partial charge on any atom is -0.662 e. The fraction of sp³-hybridized carbons (Fsp3) is 0.247. The first-order valence-electron chi connectivity index (χ1n) is 32.4. The minimum atomic E-state index is -0.509. The van der Waals surface area contributed by atoms with Crippen LogP contribution in [-0.2, 0) is 38.9 Å². The number of phenolic OH excluding ortho intramolecular Hbond substituents is 2. The van der Waals surface area contributed by atoms with Gasteiger partial charge in [-0.15, -0.1) is 47.3 Å². The third kappa shape index (κ3) is 19.3. The average molecular weight is 1570 g/mol. The second-order valence-electron chi connectivity index (χ2n) is 24.5. The van der Waals surface area contributed by atoms with E-state index in [9.17, 15) is 34.2 Å². The SMILES string of the molecule is BrB(Br)Br.C=CC(=O)Cl.C=CC(=O)N1CC(N2CCC(=O)c3cc(-c4cc(O)cc5ccccc45)ccc3C2)C1.COc1cc(-c2ccc3c(c2)C(=O)CCN(C2CNC2)C3)c2ccccc2c1.O=C1CCN(C2CNC2)Cc2ccc(-c3cc(O)cc4ccccc34)cc21.O=CO[O-].[Na+]. The predicted octanol–water partition coefficient (Wildman–Crippen LogP) is 9.98. The van der Waals surface area contributed by atoms with Crippen molar-refractivity contribution in [3.63, 3.8) is 0 Å². The molecule has 0 aliphatic carbocycles. The van der Waals surface area contributed by atoms with Crippen LogP contribution in [0.1, 0.15) is 67.0 Å². The molecule has 23 heteroatoms. The number of carbonyl (C=O) groups excluding carboxylic acids is 6. The van der Waals surface area contributed by atoms with Gasteiger partial charge in [0.25, 0.3) is 6.47 Å². The van der Waals surface area contributed by atoms with Crippen LogP contribution in [0.3, 0.4) is 0 Å². The largest absolute Gasteiger partial charge is 1.00 e. The van der Waals surface area contributed by atoms with E-state index in [4.69, 9.17) is 26.4 Å². The van der Waals surface area contributed by atoms with Crippen molar-refractivity contribution in [1.82, 2.24) is 30.2 Å². The Balaban J connectivity index is 0.000000160. The van der Waals surface area contributed by atoms with Crippen LogP contribution in [-0.4, -0.2) is 152 Å². The number of Topliss-reactive ketones (excluding diaryl/α,β-unsaturated/α-hetero) is 3. The average Bonchev–Trinajstić information content (AvgIpc) is 1.13. The molecule has 0 saturated carbocycles. The van der Waals surface area contributed by atoms with E-state index in [0.717, 1.165) is 158 Å². The Bertz CT molecular complexity index is 4500. The summed E-state index contributed by atoms with van der Waals surface area (Å²) in [6.07, 6.45) is 4.01. The summed E-state index contributed by atoms with van der Waals surface area (Å²) in [5, 5.41) is 41.3. The molecule has 4 N–H and O–H groups in total. The van der Waals surface area contributed by atoms with E-state index < -0.39 is 5.24 Å². The van der Waals surface area contributed by atoms with Crippen molar-refractivity contribution in [2.75, 3.05) is 66.0 Å². The van der Waals surface area contributed by atoms with E-state index >= 15 is 0 Å². The van der Waals surface area contributed by atoms with Crippen LogP contribution in [0.15, 0.2) is 189 Å². The molecule has 3 saturated heterocycles. The zero-order chi connectivity index (χ0) is 70.3. The number of rotatable bonds is 10. The molecule has 510 valence electrons. The number of nitrogens with zero attached hydrogens (tertiary/aromatic N) is 4. The number of hydrogen-bond donors (Lipinski definition) is 4. The molecule has 100 heavy (non-hydrogen) atoms. The number of amides is 1. The van der Waals surface area contributed by atoms with Gasteiger partial charge in [-0.3, -0.25) is 43.5 Å². The van der Waals surface area contributed by atoms with Crippen molar-refractivity contribution in [2.45, 2.75) is 57.0 Å². The minimum absolute atomic E-state index is 0. The Kier molecular flexibility index (Phi) is 28.2. The fourth-order valence-electron chi connectivity index (χ4n) is 13.2. The van der Waals surface area contributed by atoms with Gasteiger partial charge in [0.15, 0.2) is 17.3 Å². The Labute approximate surface area is 633 Å². The molecule has 15 rings (SSSR count). The summed E-state index contributed by atoms with van der Waals surface area (Å²) < 4.78 is 5.79. The van der Waals surface area contributed by atoms with Crippen molar-refractivity contribution in [2.24, 2.45) is 0 Å². The van der Waals surface area contributed by atoms with Crippen LogP contribution < -0.4 is 50.2 Å². The van der Waals surface area contributed by atoms with Gasteiger partial charge in [0.1, 0.15) is 17.2 Å². The van der Waals surface area contributed by atoms with Gasteiger partial charge in [-0.05, 0) is 161 Å². The van der Waals surface area contributed by atoms with Crippen LogP contribution in [0, 0.1) is 0 Å². The molecule has 0 aromatic heterocycles. The summed E-state index contributed by atoms with van der Waals surface area (Å²) in [4.78, 5) is 80.1. The van der Waals surface area contributed by atoms with Crippen molar-refractivity contribution < 1.29 is 83.4 Å². The summed E-state index contributed by atoms with van der Waals surface area (Å²) in [7, 11) is 1.69. The normalized spacial score (nSPS) is 16.0. The van der Waals surface area contributed by atoms with Crippen molar-refractivity contribution in [3.05, 3.63) is 222 Å². The first-order chi connectivity index (χ1) is 47.9. The Morgan fingerprint density at radius 3 is 1.20 bits per heavy atom. The zero-order valence-corrected chi connectivity index (χ0v) is 63.0. The van der Waals surface area contributed by atoms with Gasteiger partial charge in [0.05, 0.1) is 7.11 Å². The molecule has 0 atom stereocenters. The third-order valence-electron chi connectivity index (χ3n) is 18.5. The molecule has 3 fully saturated rings. The molecule has 6 aliphatic rings. The number of aromatic hydroxyl groups is 2. The monoisotopic (exact) mass is 1560 g/mol. The number of allylic oxidation sites excluding steroid dienone is 1. The molecule has 0 bridgehead atoms. The van der Waals surface area contributed by atoms with Gasteiger partial charge in [-0.2, -0.15) is 0 Å². The van der Waals surface area contributed by atoms with Crippen LogP contribution in [0.2, 0.25) is 0 Å². The first-order valence-corrected chi connectivity index (χ1v) is 35.5. The number of ketones is 3. The first kappa shape index (κ1) is 77.0. The topological polar surface area (TPSA) is 221 Å². The molecular formula is C77H74BBr3ClN6NaO11. The summed E-state index contributed by atoms with van der Waals surface area (Å²) in [6.45, 7) is 16.6. The van der Waals surface area contributed by atoms with E-state index in [2.05, 4.69) is 157 Å². The molecule has 0 spiro atoms. The molecule has 17 nitrogen and oxygen atoms in total. The van der Waals surface area contributed by atoms with E-state index in [1.165, 1.54) is 11.5 Å². The maximum atomic E-state index is 13.0. The Morgan fingerprint density at radius 1 is 0.540 bits per heavy atom. The second-order valence-corrected chi connectivity index (χ2v) is 31.4. The van der Waals surface area contributed by atoms with E-state index in [1.807, 2.05) is 72.8 Å². The molecule has 6 aliphatic heterocycles. The fourth-order valence-corrected chi connectivity index (χ4v) is 13.2. The number of likely N-dealkylation sites (tertiary alicyclic amines) is 1. The number of benzene rings is 9. The molecule has 0 unspecified atom stereocenters. The van der Waals surface area contributed by atoms with Gasteiger partial charge in [-0.1, -0.05) is 122 Å². The van der Waals surface area contributed by atoms with Gasteiger partial charge in [-0.25, -0.2) is 0 Å². The Morgan fingerprint density at radius 2 is 0.880 bits per heavy atom. The number of hydrogen-bond acceptors (Lipinski definition) is 16. The molecule has 9 aromatic carbocycles. The second kappa shape index (κ2) is 36.6. The van der Waals surface area contributed by atoms with Gasteiger partial charge in [0.2, 0.25) is 11.1 Å². The zero-order valence-electron chi connectivity index (χ0n) is 55.5. The number of phenols is 2. The molecule has 1 amide bonds. The molecular weight excluding hydrogens is 1490 g/mol. The summed E-state index contributed by atoms with van der Waals surface area (Å²) in [6, 6.07) is 55.4. The number of nitrogens with one attached hydrogen (secondary N) is 2. The number of ether oxygens (including phenoxy) is 1. The van der Waals surface area contributed by atoms with Crippen LogP contribution in [0.4, 0.5) is 0 Å². The van der Waals surface area contributed by atoms with E-state index in [-0.39, 0.29) is 80.0 Å². The van der Waals surface area contributed by atoms with Gasteiger partial charge >= 0.3 is 32.7 Å². The third-order valence-corrected chi connectivity index (χ3v) is 18.7. The van der Waals surface area contributed by atoms with Crippen LogP contribution in [0.5, 0.6) is 17.2 Å². The maximum Gasteiger partial charge on any atom is 1.00 e. The smallest absolute Gasteiger partial charge is 0.662 e. The van der Waals surface area contributed by atoms with E-state index in [0.29, 0.717) is 57.5 Å². The number of carbonyl (C=O) groups is 6. The molecule has 6 heterocycles. The number of methoxy groups -OCH3 is 1. The number of halogens is 4. The standard InChI is InChI=1S/C26H24N2O3.C24H24N2O2.C23H22N2O2.C3H3ClO.CH2O3.BBr3.Na/c1-2-26(31)28-15-20(16-28)27-10-9-25(30)24-12-18(7-8-19(24)14-27)23-13-21(29)11-17-5-3-4-6-22(17)23;1-28-20-10-16-4-2-3-5-21(16)22(12-20)17-6-7-18-15-26(19-13-25-14-19)9-8-24(27)23(18)11-17;26-19-9-15-3-1-2-4-20(15)21(11-19)16-5-6-17-14-25(18-12-24-13-18)8-7-23(27)22(17)10-16;1-2-3(4)5;2-1-4-3;2-1(3)4;/h2-8,11-13,20,29H,1,9-10,14-16H2;2-7,10-12,19,25H,8-9,13-15H2,1H3;1-6,9-11,18,24,26H,7-8,12-14H2;2H,1H2;1,3H;;/q;;;;;;+1/p-1. The van der Waals surface area contributed by atoms with Gasteiger partial charge < -0.3 is 40.6 Å². The van der Waals surface area contributed by atoms with Crippen molar-refractivity contribution in [3.8, 4) is 50.6 Å². The summed E-state index contributed by atoms with van der Waals surface area (Å²) in [5.41, 5.74) is 11.7. The van der Waals surface area contributed by atoms with Crippen molar-refractivity contribution in [1.29, 1.82) is 0 Å². The van der Waals surface area contributed by atoms with Gasteiger partial charge in [0, 0.05) is 133 Å². The van der Waals surface area contributed by atoms with Crippen molar-refractivity contribution >= 4 is 129 Å². The quantitative estimate of drug-likeness (QED) is 0.0250. The van der Waals surface area contributed by atoms with Crippen LogP contribution in [0.25, 0.3) is 65.7 Å².